The summed E-state index contributed by atoms with van der Waals surface area (Å²) in [7, 11) is 0. The molecular formula is C27H33F2NO6. The zero-order valence-electron chi connectivity index (χ0n) is 21.5. The first-order chi connectivity index (χ1) is 16.6. The highest BCUT2D eigenvalue weighted by molar-refractivity contribution is 5.76. The lowest BCUT2D eigenvalue weighted by molar-refractivity contribution is -0.193. The van der Waals surface area contributed by atoms with Gasteiger partial charge in [0.15, 0.2) is 0 Å². The van der Waals surface area contributed by atoms with Crippen LogP contribution in [0.2, 0.25) is 0 Å². The number of hydrogen-bond acceptors (Lipinski definition) is 6. The van der Waals surface area contributed by atoms with Crippen LogP contribution in [-0.2, 0) is 42.4 Å². The second-order valence-corrected chi connectivity index (χ2v) is 10.3. The maximum absolute atomic E-state index is 14.0. The number of hydrogen-bond donors (Lipinski definition) is 1. The molecule has 1 amide bonds. The fourth-order valence-corrected chi connectivity index (χ4v) is 3.38. The molecule has 7 nitrogen and oxygen atoms in total. The minimum absolute atomic E-state index is 0.00278. The van der Waals surface area contributed by atoms with Crippen LogP contribution < -0.4 is 0 Å². The highest BCUT2D eigenvalue weighted by Crippen LogP contribution is 2.25. The highest BCUT2D eigenvalue weighted by atomic mass is 19.1. The van der Waals surface area contributed by atoms with Crippen molar-refractivity contribution < 1.29 is 37.9 Å². The molecule has 0 saturated heterocycles. The molecule has 9 heteroatoms. The van der Waals surface area contributed by atoms with Gasteiger partial charge in [0.1, 0.15) is 17.4 Å². The fourth-order valence-electron chi connectivity index (χ4n) is 3.38. The third-order valence-corrected chi connectivity index (χ3v) is 4.90. The summed E-state index contributed by atoms with van der Waals surface area (Å²) < 4.78 is 28.0. The monoisotopic (exact) mass is 505 g/mol. The van der Waals surface area contributed by atoms with E-state index in [9.17, 15) is 18.7 Å². The molecule has 2 rings (SSSR count). The Labute approximate surface area is 210 Å². The third-order valence-electron chi connectivity index (χ3n) is 4.90. The summed E-state index contributed by atoms with van der Waals surface area (Å²) in [5.74, 6) is -2.28. The Morgan fingerprint density at radius 1 is 0.917 bits per heavy atom. The van der Waals surface area contributed by atoms with Crippen molar-refractivity contribution in [2.24, 2.45) is 5.41 Å². The molecule has 1 N–H and O–H groups in total. The van der Waals surface area contributed by atoms with Gasteiger partial charge in [-0.2, -0.15) is 19.2 Å². The van der Waals surface area contributed by atoms with Crippen LogP contribution in [0.15, 0.2) is 36.4 Å². The first-order valence-corrected chi connectivity index (χ1v) is 11.1. The summed E-state index contributed by atoms with van der Waals surface area (Å²) in [4.78, 5) is 47.3. The molecular weight excluding hydrogens is 472 g/mol. The number of rotatable bonds is 6. The van der Waals surface area contributed by atoms with Gasteiger partial charge in [0.05, 0.1) is 0 Å². The van der Waals surface area contributed by atoms with Crippen molar-refractivity contribution in [3.05, 3.63) is 64.7 Å². The smallest absolute Gasteiger partial charge is 0.373 e. The zero-order valence-corrected chi connectivity index (χ0v) is 21.5. The predicted molar refractivity (Wildman–Crippen MR) is 126 cm³/mol. The molecule has 0 aliphatic rings. The molecule has 0 unspecified atom stereocenters. The average molecular weight is 506 g/mol. The van der Waals surface area contributed by atoms with Crippen molar-refractivity contribution in [2.45, 2.75) is 66.3 Å². The number of carbonyl (C=O) groups excluding carboxylic acids is 5. The van der Waals surface area contributed by atoms with Crippen molar-refractivity contribution in [3.63, 3.8) is 0 Å². The van der Waals surface area contributed by atoms with Crippen molar-refractivity contribution in [1.82, 2.24) is 4.90 Å². The Balaban J connectivity index is 0.00000185. The molecule has 0 aliphatic carbocycles. The maximum Gasteiger partial charge on any atom is 0.373 e. The number of phenols is 1. The van der Waals surface area contributed by atoms with E-state index in [0.717, 1.165) is 17.7 Å². The Morgan fingerprint density at radius 2 is 1.42 bits per heavy atom. The standard InChI is InChI=1S/C25H33F2NO2.2CO2/c1-24(2,3)16-28(15-17-8-7-9-18(12-17)25(4,5)6)23(30)11-10-20-21(26)13-19(29)14-22(20)27;2*2-1-3/h7-9,12-14,29H,10-11,15-16H2,1-6H3;;. The molecule has 2 aromatic carbocycles. The second kappa shape index (κ2) is 14.7. The lowest BCUT2D eigenvalue weighted by Gasteiger charge is -2.31. The average Bonchev–Trinajstić information content (AvgIpc) is 2.72. The van der Waals surface area contributed by atoms with Gasteiger partial charge >= 0.3 is 12.3 Å². The lowest BCUT2D eigenvalue weighted by Crippen LogP contribution is -2.37. The van der Waals surface area contributed by atoms with Crippen molar-refractivity contribution in [3.8, 4) is 5.75 Å². The lowest BCUT2D eigenvalue weighted by atomic mass is 9.86. The van der Waals surface area contributed by atoms with E-state index in [-0.39, 0.29) is 47.4 Å². The van der Waals surface area contributed by atoms with Crippen LogP contribution in [0.5, 0.6) is 5.75 Å². The van der Waals surface area contributed by atoms with Gasteiger partial charge in [-0.1, -0.05) is 65.8 Å². The van der Waals surface area contributed by atoms with Gasteiger partial charge < -0.3 is 10.0 Å². The van der Waals surface area contributed by atoms with E-state index in [1.165, 1.54) is 5.56 Å². The van der Waals surface area contributed by atoms with Crippen LogP contribution in [0.1, 0.15) is 64.7 Å². The van der Waals surface area contributed by atoms with Gasteiger partial charge in [-0.3, -0.25) is 4.79 Å². The zero-order chi connectivity index (χ0) is 28.1. The number of phenolic OH excluding ortho intramolecular Hbond substituents is 1. The van der Waals surface area contributed by atoms with Crippen LogP contribution >= 0.6 is 0 Å². The van der Waals surface area contributed by atoms with Gasteiger partial charge in [0.2, 0.25) is 5.91 Å². The van der Waals surface area contributed by atoms with Gasteiger partial charge in [-0.05, 0) is 28.4 Å². The summed E-state index contributed by atoms with van der Waals surface area (Å²) in [6, 6.07) is 9.92. The van der Waals surface area contributed by atoms with E-state index >= 15 is 0 Å². The van der Waals surface area contributed by atoms with Crippen LogP contribution in [0.4, 0.5) is 8.78 Å². The molecule has 0 bridgehead atoms. The summed E-state index contributed by atoms with van der Waals surface area (Å²) >= 11 is 0. The molecule has 0 atom stereocenters. The molecule has 36 heavy (non-hydrogen) atoms. The molecule has 2 aromatic rings. The minimum atomic E-state index is -0.833. The van der Waals surface area contributed by atoms with E-state index in [1.54, 1.807) is 4.90 Å². The topological polar surface area (TPSA) is 109 Å². The van der Waals surface area contributed by atoms with Gasteiger partial charge in [-0.25, -0.2) is 8.78 Å². The summed E-state index contributed by atoms with van der Waals surface area (Å²) in [5, 5.41) is 9.30. The number of aromatic hydroxyl groups is 1. The van der Waals surface area contributed by atoms with Crippen LogP contribution in [-0.4, -0.2) is 34.8 Å². The van der Waals surface area contributed by atoms with E-state index in [2.05, 4.69) is 53.7 Å². The maximum atomic E-state index is 14.0. The Kier molecular flexibility index (Phi) is 13.2. The van der Waals surface area contributed by atoms with Crippen molar-refractivity contribution in [2.75, 3.05) is 6.54 Å². The Bertz CT molecular complexity index is 1040. The van der Waals surface area contributed by atoms with Gasteiger partial charge in [-0.15, -0.1) is 0 Å². The van der Waals surface area contributed by atoms with Crippen molar-refractivity contribution in [1.29, 1.82) is 0 Å². The number of benzene rings is 2. The molecule has 0 saturated carbocycles. The summed E-state index contributed by atoms with van der Waals surface area (Å²) in [5.41, 5.74) is 1.93. The van der Waals surface area contributed by atoms with Crippen molar-refractivity contribution >= 4 is 18.2 Å². The van der Waals surface area contributed by atoms with E-state index in [0.29, 0.717) is 13.1 Å². The number of nitrogens with zero attached hydrogens (tertiary/aromatic N) is 1. The molecule has 0 fully saturated rings. The molecule has 0 aromatic heterocycles. The summed E-state index contributed by atoms with van der Waals surface area (Å²) in [6.07, 6.45) is 0.438. The quantitative estimate of drug-likeness (QED) is 0.604. The van der Waals surface area contributed by atoms with E-state index < -0.39 is 17.4 Å². The predicted octanol–water partition coefficient (Wildman–Crippen LogP) is 4.81. The van der Waals surface area contributed by atoms with E-state index in [4.69, 9.17) is 19.2 Å². The normalized spacial score (nSPS) is 10.6. The molecule has 0 spiro atoms. The van der Waals surface area contributed by atoms with Crippen LogP contribution in [0, 0.1) is 17.0 Å². The number of amides is 1. The van der Waals surface area contributed by atoms with E-state index in [1.807, 2.05) is 12.1 Å². The largest absolute Gasteiger partial charge is 0.508 e. The fraction of sp³-hybridized carbons (Fsp3) is 0.444. The van der Waals surface area contributed by atoms with Crippen LogP contribution in [0.25, 0.3) is 0 Å². The highest BCUT2D eigenvalue weighted by Gasteiger charge is 2.23. The molecule has 0 radical (unpaired) electrons. The molecule has 0 heterocycles. The number of halogens is 2. The second-order valence-electron chi connectivity index (χ2n) is 10.3. The summed E-state index contributed by atoms with van der Waals surface area (Å²) in [6.45, 7) is 13.6. The van der Waals surface area contributed by atoms with Gasteiger partial charge in [0.25, 0.3) is 0 Å². The SMILES string of the molecule is CC(C)(C)CN(Cc1cccc(C(C)(C)C)c1)C(=O)CCc1c(F)cc(O)cc1F.O=C=O.O=C=O. The molecule has 0 aliphatic heterocycles. The van der Waals surface area contributed by atoms with Gasteiger partial charge in [0, 0.05) is 37.2 Å². The van der Waals surface area contributed by atoms with Crippen LogP contribution in [0.3, 0.4) is 0 Å². The number of carbonyl (C=O) groups is 1. The Morgan fingerprint density at radius 3 is 1.86 bits per heavy atom. The first kappa shape index (κ1) is 32.3. The Hall–Kier alpha value is -3.67. The first-order valence-electron chi connectivity index (χ1n) is 11.1. The molecule has 196 valence electrons. The third kappa shape index (κ3) is 12.2. The minimum Gasteiger partial charge on any atom is -0.508 e.